The molecule has 0 bridgehead atoms. The number of benzene rings is 1. The fraction of sp³-hybridized carbons (Fsp3) is 0.600. The van der Waals surface area contributed by atoms with Crippen molar-refractivity contribution in [1.82, 2.24) is 4.90 Å². The van der Waals surface area contributed by atoms with Gasteiger partial charge in [0.2, 0.25) is 0 Å². The summed E-state index contributed by atoms with van der Waals surface area (Å²) < 4.78 is 23.8. The molecule has 2 rings (SSSR count). The molecule has 0 spiro atoms. The molecule has 1 saturated heterocycles. The van der Waals surface area contributed by atoms with Crippen LogP contribution in [0.4, 0.5) is 9.18 Å². The Bertz CT molecular complexity index is 624. The second-order valence-electron chi connectivity index (χ2n) is 7.64. The van der Waals surface area contributed by atoms with Crippen molar-refractivity contribution >= 4 is 12.1 Å². The Labute approximate surface area is 154 Å². The van der Waals surface area contributed by atoms with E-state index in [0.717, 1.165) is 12.0 Å². The zero-order valence-corrected chi connectivity index (χ0v) is 16.0. The van der Waals surface area contributed by atoms with Gasteiger partial charge in [-0.15, -0.1) is 0 Å². The highest BCUT2D eigenvalue weighted by atomic mass is 19.1. The SMILES string of the molecule is CCOC(=O)CC(c1ccc(F)cc1)C1CCN(C(=O)OC(C)(C)C)C1. The van der Waals surface area contributed by atoms with Crippen LogP contribution in [-0.4, -0.2) is 42.3 Å². The van der Waals surface area contributed by atoms with Crippen LogP contribution in [0, 0.1) is 11.7 Å². The average Bonchev–Trinajstić information content (AvgIpc) is 3.02. The highest BCUT2D eigenvalue weighted by Crippen LogP contribution is 2.35. The first-order valence-electron chi connectivity index (χ1n) is 9.08. The summed E-state index contributed by atoms with van der Waals surface area (Å²) in [7, 11) is 0. The van der Waals surface area contributed by atoms with Crippen molar-refractivity contribution in [2.45, 2.75) is 52.1 Å². The van der Waals surface area contributed by atoms with Crippen LogP contribution < -0.4 is 0 Å². The number of likely N-dealkylation sites (tertiary alicyclic amines) is 1. The van der Waals surface area contributed by atoms with E-state index >= 15 is 0 Å². The van der Waals surface area contributed by atoms with Gasteiger partial charge in [0.15, 0.2) is 0 Å². The van der Waals surface area contributed by atoms with Crippen LogP contribution >= 0.6 is 0 Å². The molecule has 26 heavy (non-hydrogen) atoms. The Balaban J connectivity index is 2.11. The van der Waals surface area contributed by atoms with Crippen LogP contribution in [0.2, 0.25) is 0 Å². The Morgan fingerprint density at radius 1 is 1.27 bits per heavy atom. The molecule has 1 aliphatic rings. The van der Waals surface area contributed by atoms with Gasteiger partial charge in [-0.25, -0.2) is 9.18 Å². The summed E-state index contributed by atoms with van der Waals surface area (Å²) in [5, 5.41) is 0. The Morgan fingerprint density at radius 3 is 2.50 bits per heavy atom. The minimum absolute atomic E-state index is 0.0948. The van der Waals surface area contributed by atoms with Gasteiger partial charge >= 0.3 is 12.1 Å². The number of carbonyl (C=O) groups is 2. The minimum Gasteiger partial charge on any atom is -0.466 e. The van der Waals surface area contributed by atoms with Gasteiger partial charge < -0.3 is 14.4 Å². The number of amides is 1. The number of halogens is 1. The maximum absolute atomic E-state index is 13.3. The van der Waals surface area contributed by atoms with Gasteiger partial charge in [-0.2, -0.15) is 0 Å². The number of carbonyl (C=O) groups excluding carboxylic acids is 2. The smallest absolute Gasteiger partial charge is 0.410 e. The molecule has 1 aromatic rings. The maximum Gasteiger partial charge on any atom is 0.410 e. The van der Waals surface area contributed by atoms with Crippen molar-refractivity contribution in [3.05, 3.63) is 35.6 Å². The molecule has 1 aromatic carbocycles. The number of hydrogen-bond donors (Lipinski definition) is 0. The summed E-state index contributed by atoms with van der Waals surface area (Å²) in [6, 6.07) is 6.20. The van der Waals surface area contributed by atoms with Crippen LogP contribution in [-0.2, 0) is 14.3 Å². The first-order chi connectivity index (χ1) is 12.2. The quantitative estimate of drug-likeness (QED) is 0.737. The molecule has 1 amide bonds. The lowest BCUT2D eigenvalue weighted by Crippen LogP contribution is -2.35. The van der Waals surface area contributed by atoms with E-state index in [2.05, 4.69) is 0 Å². The number of rotatable bonds is 5. The lowest BCUT2D eigenvalue weighted by molar-refractivity contribution is -0.143. The summed E-state index contributed by atoms with van der Waals surface area (Å²) in [6.45, 7) is 8.69. The minimum atomic E-state index is -0.545. The third-order valence-electron chi connectivity index (χ3n) is 4.44. The Hall–Kier alpha value is -2.11. The van der Waals surface area contributed by atoms with Gasteiger partial charge in [-0.1, -0.05) is 12.1 Å². The molecule has 2 atom stereocenters. The van der Waals surface area contributed by atoms with E-state index in [1.165, 1.54) is 12.1 Å². The summed E-state index contributed by atoms with van der Waals surface area (Å²) in [6.07, 6.45) is 0.640. The molecule has 0 aliphatic carbocycles. The van der Waals surface area contributed by atoms with Gasteiger partial charge in [0.25, 0.3) is 0 Å². The number of hydrogen-bond acceptors (Lipinski definition) is 4. The second kappa shape index (κ2) is 8.52. The number of esters is 1. The highest BCUT2D eigenvalue weighted by Gasteiger charge is 2.35. The van der Waals surface area contributed by atoms with Gasteiger partial charge in [-0.05, 0) is 63.6 Å². The van der Waals surface area contributed by atoms with Gasteiger partial charge in [-0.3, -0.25) is 4.79 Å². The monoisotopic (exact) mass is 365 g/mol. The lowest BCUT2D eigenvalue weighted by Gasteiger charge is -2.26. The molecule has 0 aromatic heterocycles. The molecule has 1 fully saturated rings. The van der Waals surface area contributed by atoms with Crippen molar-refractivity contribution in [3.63, 3.8) is 0 Å². The largest absolute Gasteiger partial charge is 0.466 e. The molecular formula is C20H28FNO4. The zero-order valence-electron chi connectivity index (χ0n) is 16.0. The average molecular weight is 365 g/mol. The lowest BCUT2D eigenvalue weighted by atomic mass is 9.83. The molecule has 1 heterocycles. The maximum atomic E-state index is 13.3. The number of ether oxygens (including phenoxy) is 2. The van der Waals surface area contributed by atoms with E-state index in [0.29, 0.717) is 19.7 Å². The summed E-state index contributed by atoms with van der Waals surface area (Å²) in [5.41, 5.74) is 0.340. The molecule has 2 unspecified atom stereocenters. The normalized spacial score (nSPS) is 18.5. The van der Waals surface area contributed by atoms with E-state index in [4.69, 9.17) is 9.47 Å². The van der Waals surface area contributed by atoms with E-state index in [1.807, 2.05) is 20.8 Å². The summed E-state index contributed by atoms with van der Waals surface area (Å²) >= 11 is 0. The van der Waals surface area contributed by atoms with Gasteiger partial charge in [0, 0.05) is 13.1 Å². The van der Waals surface area contributed by atoms with Crippen molar-refractivity contribution < 1.29 is 23.5 Å². The predicted octanol–water partition coefficient (Wildman–Crippen LogP) is 4.12. The third kappa shape index (κ3) is 5.71. The first kappa shape index (κ1) is 20.2. The topological polar surface area (TPSA) is 55.8 Å². The van der Waals surface area contributed by atoms with Crippen LogP contribution in [0.15, 0.2) is 24.3 Å². The van der Waals surface area contributed by atoms with E-state index in [-0.39, 0.29) is 36.1 Å². The summed E-state index contributed by atoms with van der Waals surface area (Å²) in [4.78, 5) is 26.0. The third-order valence-corrected chi connectivity index (χ3v) is 4.44. The van der Waals surface area contributed by atoms with Crippen molar-refractivity contribution in [2.24, 2.45) is 5.92 Å². The van der Waals surface area contributed by atoms with Crippen molar-refractivity contribution in [1.29, 1.82) is 0 Å². The summed E-state index contributed by atoms with van der Waals surface area (Å²) in [5.74, 6) is -0.623. The molecule has 6 heteroatoms. The highest BCUT2D eigenvalue weighted by molar-refractivity contribution is 5.71. The standard InChI is InChI=1S/C20H28FNO4/c1-5-25-18(23)12-17(14-6-8-16(21)9-7-14)15-10-11-22(13-15)19(24)26-20(2,3)4/h6-9,15,17H,5,10-13H2,1-4H3. The van der Waals surface area contributed by atoms with E-state index < -0.39 is 5.60 Å². The first-order valence-corrected chi connectivity index (χ1v) is 9.08. The van der Waals surface area contributed by atoms with Gasteiger partial charge in [0.05, 0.1) is 13.0 Å². The van der Waals surface area contributed by atoms with Crippen LogP contribution in [0.5, 0.6) is 0 Å². The van der Waals surface area contributed by atoms with Crippen LogP contribution in [0.1, 0.15) is 52.0 Å². The van der Waals surface area contributed by atoms with Crippen LogP contribution in [0.3, 0.4) is 0 Å². The fourth-order valence-electron chi connectivity index (χ4n) is 3.27. The molecule has 0 N–H and O–H groups in total. The van der Waals surface area contributed by atoms with E-state index in [1.54, 1.807) is 24.0 Å². The Kier molecular flexibility index (Phi) is 6.62. The van der Waals surface area contributed by atoms with Gasteiger partial charge in [0.1, 0.15) is 11.4 Å². The Morgan fingerprint density at radius 2 is 1.92 bits per heavy atom. The number of nitrogens with zero attached hydrogens (tertiary/aromatic N) is 1. The zero-order chi connectivity index (χ0) is 19.3. The molecule has 0 saturated carbocycles. The second-order valence-corrected chi connectivity index (χ2v) is 7.64. The van der Waals surface area contributed by atoms with Crippen molar-refractivity contribution in [2.75, 3.05) is 19.7 Å². The molecule has 144 valence electrons. The van der Waals surface area contributed by atoms with Crippen LogP contribution in [0.25, 0.3) is 0 Å². The molecule has 0 radical (unpaired) electrons. The predicted molar refractivity (Wildman–Crippen MR) is 96.3 cm³/mol. The fourth-order valence-corrected chi connectivity index (χ4v) is 3.27. The molecule has 1 aliphatic heterocycles. The van der Waals surface area contributed by atoms with Crippen molar-refractivity contribution in [3.8, 4) is 0 Å². The molecular weight excluding hydrogens is 337 g/mol. The molecule has 5 nitrogen and oxygen atoms in total. The van der Waals surface area contributed by atoms with E-state index in [9.17, 15) is 14.0 Å².